The highest BCUT2D eigenvalue weighted by atomic mass is 32.2. The first-order valence-corrected chi connectivity index (χ1v) is 7.17. The highest BCUT2D eigenvalue weighted by Gasteiger charge is 2.50. The average Bonchev–Trinajstić information content (AvgIpc) is 2.31. The van der Waals surface area contributed by atoms with E-state index in [4.69, 9.17) is 0 Å². The first-order chi connectivity index (χ1) is 9.10. The van der Waals surface area contributed by atoms with Crippen molar-refractivity contribution in [2.24, 2.45) is 11.8 Å². The number of piperidine rings is 1. The predicted molar refractivity (Wildman–Crippen MR) is 57.3 cm³/mol. The van der Waals surface area contributed by atoms with Crippen molar-refractivity contribution in [2.75, 3.05) is 13.1 Å². The van der Waals surface area contributed by atoms with Gasteiger partial charge in [-0.25, -0.2) is 0 Å². The summed E-state index contributed by atoms with van der Waals surface area (Å²) in [5.74, 6) is -1.10. The Kier molecular flexibility index (Phi) is 3.61. The third kappa shape index (κ3) is 2.84. The number of hydrogen-bond donors (Lipinski definition) is 0. The molecule has 2 rings (SSSR count). The second kappa shape index (κ2) is 4.83. The van der Waals surface area contributed by atoms with Crippen LogP contribution in [0.5, 0.6) is 0 Å². The van der Waals surface area contributed by atoms with Crippen LogP contribution in [0.1, 0.15) is 12.8 Å². The highest BCUT2D eigenvalue weighted by molar-refractivity contribution is 7.87. The molecule has 0 spiro atoms. The van der Waals surface area contributed by atoms with Crippen LogP contribution in [0, 0.1) is 11.8 Å². The van der Waals surface area contributed by atoms with Gasteiger partial charge in [-0.15, -0.1) is 0 Å². The summed E-state index contributed by atoms with van der Waals surface area (Å²) in [7, 11) is -5.72. The number of nitrogens with zero attached hydrogens (tertiary/aromatic N) is 1. The second-order valence-electron chi connectivity index (χ2n) is 4.79. The molecular weight excluding hydrogens is 303 g/mol. The normalized spacial score (nSPS) is 26.9. The number of carbonyl (C=O) groups excluding carboxylic acids is 1. The molecule has 1 aliphatic carbocycles. The van der Waals surface area contributed by atoms with Gasteiger partial charge in [-0.1, -0.05) is 0 Å². The molecule has 0 saturated carbocycles. The van der Waals surface area contributed by atoms with Crippen molar-refractivity contribution in [3.05, 3.63) is 11.8 Å². The number of rotatable bonds is 2. The maximum absolute atomic E-state index is 12.3. The molecule has 0 aromatic heterocycles. The molecule has 114 valence electrons. The SMILES string of the molecule is O=C([O-])N1CC2CC=C(OS(=O)(=O)C(F)(F)F)C(C2)C1. The van der Waals surface area contributed by atoms with E-state index in [-0.39, 0.29) is 31.2 Å². The maximum Gasteiger partial charge on any atom is 0.534 e. The fourth-order valence-corrected chi connectivity index (χ4v) is 3.01. The lowest BCUT2D eigenvalue weighted by Crippen LogP contribution is -2.51. The van der Waals surface area contributed by atoms with Crippen LogP contribution in [-0.4, -0.2) is 38.0 Å². The molecule has 1 fully saturated rings. The van der Waals surface area contributed by atoms with Gasteiger partial charge in [0.2, 0.25) is 0 Å². The summed E-state index contributed by atoms with van der Waals surface area (Å²) in [4.78, 5) is 11.7. The number of allylic oxidation sites excluding steroid dienone is 1. The van der Waals surface area contributed by atoms with Crippen LogP contribution in [0.25, 0.3) is 0 Å². The summed E-state index contributed by atoms with van der Waals surface area (Å²) in [5.41, 5.74) is -5.51. The van der Waals surface area contributed by atoms with E-state index in [2.05, 4.69) is 4.18 Å². The van der Waals surface area contributed by atoms with Crippen molar-refractivity contribution in [2.45, 2.75) is 18.3 Å². The van der Waals surface area contributed by atoms with Crippen molar-refractivity contribution < 1.29 is 35.7 Å². The Labute approximate surface area is 112 Å². The molecule has 0 N–H and O–H groups in total. The zero-order valence-corrected chi connectivity index (χ0v) is 10.9. The lowest BCUT2D eigenvalue weighted by molar-refractivity contribution is -0.268. The first kappa shape index (κ1) is 14.9. The van der Waals surface area contributed by atoms with Gasteiger partial charge in [0.1, 0.15) is 11.9 Å². The number of amides is 1. The van der Waals surface area contributed by atoms with Crippen LogP contribution >= 0.6 is 0 Å². The number of carboxylic acid groups (broad SMARTS) is 1. The number of carbonyl (C=O) groups is 1. The Bertz CT molecular complexity index is 542. The number of fused-ring (bicyclic) bond motifs is 2. The minimum Gasteiger partial charge on any atom is -0.530 e. The van der Waals surface area contributed by atoms with Gasteiger partial charge in [-0.05, 0) is 24.8 Å². The van der Waals surface area contributed by atoms with E-state index in [9.17, 15) is 31.5 Å². The van der Waals surface area contributed by atoms with Crippen LogP contribution in [0.15, 0.2) is 11.8 Å². The molecule has 0 aromatic rings. The van der Waals surface area contributed by atoms with Crippen LogP contribution in [0.2, 0.25) is 0 Å². The van der Waals surface area contributed by atoms with E-state index in [0.717, 1.165) is 4.90 Å². The number of halogens is 3. The Balaban J connectivity index is 2.17. The molecule has 1 heterocycles. The van der Waals surface area contributed by atoms with Gasteiger partial charge < -0.3 is 19.0 Å². The summed E-state index contributed by atoms with van der Waals surface area (Å²) in [6, 6.07) is 0. The van der Waals surface area contributed by atoms with Gasteiger partial charge in [0.15, 0.2) is 0 Å². The van der Waals surface area contributed by atoms with Gasteiger partial charge in [0.05, 0.1) is 0 Å². The lowest BCUT2D eigenvalue weighted by atomic mass is 9.81. The molecule has 0 radical (unpaired) electrons. The van der Waals surface area contributed by atoms with E-state index in [0.29, 0.717) is 6.42 Å². The van der Waals surface area contributed by atoms with E-state index in [1.54, 1.807) is 0 Å². The molecule has 1 aliphatic heterocycles. The lowest BCUT2D eigenvalue weighted by Gasteiger charge is -2.41. The summed E-state index contributed by atoms with van der Waals surface area (Å²) in [6.45, 7) is 0.104. The fourth-order valence-electron chi connectivity index (χ4n) is 2.46. The van der Waals surface area contributed by atoms with Gasteiger partial charge in [-0.3, -0.25) is 0 Å². The quantitative estimate of drug-likeness (QED) is 0.544. The minimum absolute atomic E-state index is 0.0624. The Morgan fingerprint density at radius 1 is 1.40 bits per heavy atom. The largest absolute Gasteiger partial charge is 0.534 e. The molecule has 6 nitrogen and oxygen atoms in total. The molecule has 2 unspecified atom stereocenters. The predicted octanol–water partition coefficient (Wildman–Crippen LogP) is 0.422. The van der Waals surface area contributed by atoms with Crippen LogP contribution in [0.4, 0.5) is 18.0 Å². The first-order valence-electron chi connectivity index (χ1n) is 5.77. The van der Waals surface area contributed by atoms with Crippen LogP contribution < -0.4 is 5.11 Å². The summed E-state index contributed by atoms with van der Waals surface area (Å²) >= 11 is 0. The zero-order valence-electron chi connectivity index (χ0n) is 10.1. The maximum atomic E-state index is 12.3. The van der Waals surface area contributed by atoms with Crippen LogP contribution in [-0.2, 0) is 14.3 Å². The van der Waals surface area contributed by atoms with E-state index in [1.807, 2.05) is 0 Å². The molecule has 2 aliphatic rings. The summed E-state index contributed by atoms with van der Waals surface area (Å²) in [6.07, 6.45) is 0.514. The minimum atomic E-state index is -5.72. The topological polar surface area (TPSA) is 86.7 Å². The molecule has 2 atom stereocenters. The average molecular weight is 314 g/mol. The Hall–Kier alpha value is -1.45. The van der Waals surface area contributed by atoms with Crippen molar-refractivity contribution in [3.8, 4) is 0 Å². The van der Waals surface area contributed by atoms with Crippen LogP contribution in [0.3, 0.4) is 0 Å². The zero-order chi connectivity index (χ0) is 15.1. The molecule has 1 amide bonds. The van der Waals surface area contributed by atoms with Crippen molar-refractivity contribution in [1.29, 1.82) is 0 Å². The standard InChI is InChI=1S/C10H12F3NO5S/c11-10(12,13)20(17,18)19-8-2-1-6-3-7(8)5-14(4-6)9(15)16/h2,6-7H,1,3-5H2,(H,15,16)/p-1. The highest BCUT2D eigenvalue weighted by Crippen LogP contribution is 2.37. The third-order valence-corrected chi connectivity index (χ3v) is 4.32. The van der Waals surface area contributed by atoms with Gasteiger partial charge >= 0.3 is 15.6 Å². The monoisotopic (exact) mass is 314 g/mol. The fraction of sp³-hybridized carbons (Fsp3) is 0.700. The second-order valence-corrected chi connectivity index (χ2v) is 6.33. The van der Waals surface area contributed by atoms with Crippen molar-refractivity contribution >= 4 is 16.2 Å². The van der Waals surface area contributed by atoms with Crippen molar-refractivity contribution in [1.82, 2.24) is 4.90 Å². The number of alkyl halides is 3. The molecule has 10 heteroatoms. The summed E-state index contributed by atoms with van der Waals surface area (Å²) < 4.78 is 62.8. The smallest absolute Gasteiger partial charge is 0.530 e. The van der Waals surface area contributed by atoms with Gasteiger partial charge in [0, 0.05) is 19.0 Å². The number of hydrogen-bond acceptors (Lipinski definition) is 5. The third-order valence-electron chi connectivity index (χ3n) is 3.34. The molecule has 0 aromatic carbocycles. The summed E-state index contributed by atoms with van der Waals surface area (Å²) in [5, 5.41) is 10.8. The molecular formula is C10H11F3NO5S-. The Morgan fingerprint density at radius 2 is 2.05 bits per heavy atom. The van der Waals surface area contributed by atoms with E-state index in [1.165, 1.54) is 6.08 Å². The van der Waals surface area contributed by atoms with E-state index >= 15 is 0 Å². The molecule has 20 heavy (non-hydrogen) atoms. The molecule has 2 bridgehead atoms. The van der Waals surface area contributed by atoms with Crippen molar-refractivity contribution in [3.63, 3.8) is 0 Å². The number of likely N-dealkylation sites (tertiary alicyclic amines) is 1. The van der Waals surface area contributed by atoms with Gasteiger partial charge in [-0.2, -0.15) is 21.6 Å². The Morgan fingerprint density at radius 3 is 2.60 bits per heavy atom. The molecule has 1 saturated heterocycles. The van der Waals surface area contributed by atoms with E-state index < -0.39 is 27.6 Å². The van der Waals surface area contributed by atoms with Gasteiger partial charge in [0.25, 0.3) is 0 Å².